The summed E-state index contributed by atoms with van der Waals surface area (Å²) in [7, 11) is 0. The van der Waals surface area contributed by atoms with Crippen LogP contribution >= 0.6 is 11.3 Å². The zero-order chi connectivity index (χ0) is 25.2. The molecule has 0 saturated carbocycles. The van der Waals surface area contributed by atoms with Gasteiger partial charge in [0.05, 0.1) is 18.1 Å². The fourth-order valence-electron chi connectivity index (χ4n) is 3.70. The van der Waals surface area contributed by atoms with E-state index in [2.05, 4.69) is 0 Å². The quantitative estimate of drug-likeness (QED) is 0.333. The molecule has 1 aromatic carbocycles. The van der Waals surface area contributed by atoms with Crippen LogP contribution < -0.4 is 0 Å². The number of phenols is 1. The third-order valence-corrected chi connectivity index (χ3v) is 6.28. The summed E-state index contributed by atoms with van der Waals surface area (Å²) >= 11 is 1.13. The van der Waals surface area contributed by atoms with Gasteiger partial charge < -0.3 is 14.6 Å². The van der Waals surface area contributed by atoms with Crippen LogP contribution in [0.3, 0.4) is 0 Å². The molecule has 6 nitrogen and oxygen atoms in total. The second-order valence-corrected chi connectivity index (χ2v) is 10.9. The van der Waals surface area contributed by atoms with Crippen LogP contribution in [0.25, 0.3) is 0 Å². The van der Waals surface area contributed by atoms with Crippen molar-refractivity contribution in [1.82, 2.24) is 0 Å². The lowest BCUT2D eigenvalue weighted by Crippen LogP contribution is -2.52. The van der Waals surface area contributed by atoms with Crippen LogP contribution in [-0.4, -0.2) is 36.0 Å². The molecule has 0 aliphatic heterocycles. The summed E-state index contributed by atoms with van der Waals surface area (Å²) in [6.45, 7) is 14.7. The highest BCUT2D eigenvalue weighted by Crippen LogP contribution is 2.44. The van der Waals surface area contributed by atoms with Gasteiger partial charge in [-0.25, -0.2) is 9.59 Å². The van der Waals surface area contributed by atoms with E-state index in [0.29, 0.717) is 11.1 Å². The Morgan fingerprint density at radius 3 is 1.67 bits per heavy atom. The van der Waals surface area contributed by atoms with Crippen LogP contribution in [0.2, 0.25) is 0 Å². The number of benzene rings is 1. The molecule has 1 heterocycles. The Labute approximate surface area is 199 Å². The van der Waals surface area contributed by atoms with Gasteiger partial charge in [-0.1, -0.05) is 47.6 Å². The number of hydrogen-bond acceptors (Lipinski definition) is 7. The van der Waals surface area contributed by atoms with Crippen LogP contribution in [0.5, 0.6) is 5.75 Å². The molecular formula is C26H34O6S. The first-order valence-electron chi connectivity index (χ1n) is 11.0. The molecule has 1 aromatic heterocycles. The molecule has 0 bridgehead atoms. The Bertz CT molecular complexity index is 969. The molecule has 2 rings (SSSR count). The van der Waals surface area contributed by atoms with E-state index in [1.54, 1.807) is 43.5 Å². The van der Waals surface area contributed by atoms with Gasteiger partial charge in [0.1, 0.15) is 5.75 Å². The molecule has 2 aromatic rings. The monoisotopic (exact) mass is 474 g/mol. The first kappa shape index (κ1) is 26.6. The minimum atomic E-state index is -2.36. The Balaban J connectivity index is 3.07. The largest absolute Gasteiger partial charge is 0.507 e. The Morgan fingerprint density at radius 1 is 0.879 bits per heavy atom. The summed E-state index contributed by atoms with van der Waals surface area (Å²) in [4.78, 5) is 41.2. The molecule has 0 fully saturated rings. The Kier molecular flexibility index (Phi) is 7.79. The topological polar surface area (TPSA) is 89.9 Å². The van der Waals surface area contributed by atoms with Crippen LogP contribution in [-0.2, 0) is 35.3 Å². The summed E-state index contributed by atoms with van der Waals surface area (Å²) < 4.78 is 10.6. The zero-order valence-corrected chi connectivity index (χ0v) is 21.5. The number of ketones is 1. The molecule has 7 heteroatoms. The van der Waals surface area contributed by atoms with Crippen LogP contribution in [0.1, 0.15) is 81.8 Å². The second kappa shape index (κ2) is 9.67. The molecular weight excluding hydrogens is 440 g/mol. The minimum absolute atomic E-state index is 0.0198. The van der Waals surface area contributed by atoms with Crippen molar-refractivity contribution in [2.45, 2.75) is 71.6 Å². The van der Waals surface area contributed by atoms with Crippen molar-refractivity contribution in [2.75, 3.05) is 13.2 Å². The molecule has 0 spiro atoms. The molecule has 0 amide bonds. The van der Waals surface area contributed by atoms with Gasteiger partial charge in [-0.2, -0.15) is 0 Å². The number of aromatic hydroxyl groups is 1. The van der Waals surface area contributed by atoms with Crippen molar-refractivity contribution in [2.24, 2.45) is 0 Å². The average molecular weight is 475 g/mol. The fraction of sp³-hybridized carbons (Fsp3) is 0.500. The number of thiophene rings is 1. The molecule has 0 saturated heterocycles. The highest BCUT2D eigenvalue weighted by Gasteiger charge is 2.58. The van der Waals surface area contributed by atoms with Gasteiger partial charge in [0.2, 0.25) is 5.78 Å². The van der Waals surface area contributed by atoms with Gasteiger partial charge in [0, 0.05) is 0 Å². The highest BCUT2D eigenvalue weighted by molar-refractivity contribution is 7.12. The summed E-state index contributed by atoms with van der Waals surface area (Å²) in [5, 5.41) is 12.8. The number of esters is 2. The van der Waals surface area contributed by atoms with E-state index in [1.807, 2.05) is 41.5 Å². The van der Waals surface area contributed by atoms with E-state index in [9.17, 15) is 19.5 Å². The SMILES string of the molecule is CCOC(=O)C(C(=O)OCC)(C(=O)c1cccs1)c1cc(C(C)(C)C)c(O)c(C(C)(C)C)c1. The minimum Gasteiger partial charge on any atom is -0.507 e. The predicted octanol–water partition coefficient (Wildman–Crippen LogP) is 5.30. The summed E-state index contributed by atoms with van der Waals surface area (Å²) in [6, 6.07) is 6.36. The number of Topliss-reactive ketones (excluding diaryl/α,β-unsaturated/α-hetero) is 1. The lowest BCUT2D eigenvalue weighted by Gasteiger charge is -2.33. The van der Waals surface area contributed by atoms with Gasteiger partial charge in [-0.3, -0.25) is 4.79 Å². The zero-order valence-electron chi connectivity index (χ0n) is 20.7. The fourth-order valence-corrected chi connectivity index (χ4v) is 4.42. The first-order valence-corrected chi connectivity index (χ1v) is 11.9. The third kappa shape index (κ3) is 4.98. The van der Waals surface area contributed by atoms with Crippen molar-refractivity contribution < 1.29 is 29.0 Å². The summed E-state index contributed by atoms with van der Waals surface area (Å²) in [6.07, 6.45) is 0. The van der Waals surface area contributed by atoms with Crippen molar-refractivity contribution in [1.29, 1.82) is 0 Å². The van der Waals surface area contributed by atoms with Crippen LogP contribution in [0, 0.1) is 0 Å². The van der Waals surface area contributed by atoms with E-state index in [4.69, 9.17) is 9.47 Å². The molecule has 1 N–H and O–H groups in total. The van der Waals surface area contributed by atoms with Crippen LogP contribution in [0.15, 0.2) is 29.6 Å². The normalized spacial score (nSPS) is 12.4. The lowest BCUT2D eigenvalue weighted by molar-refractivity contribution is -0.161. The number of carbonyl (C=O) groups excluding carboxylic acids is 3. The standard InChI is InChI=1S/C26H34O6S/c1-9-31-22(29)26(23(30)32-10-2,21(28)19-12-11-13-33-19)16-14-17(24(3,4)5)20(27)18(15-16)25(6,7)8/h11-15,27H,9-10H2,1-8H3. The molecule has 0 atom stereocenters. The number of ether oxygens (including phenoxy) is 2. The van der Waals surface area contributed by atoms with Gasteiger partial charge in [0.15, 0.2) is 0 Å². The maximum absolute atomic E-state index is 13.9. The van der Waals surface area contributed by atoms with E-state index < -0.39 is 34.0 Å². The maximum Gasteiger partial charge on any atom is 0.336 e. The van der Waals surface area contributed by atoms with E-state index in [1.165, 1.54) is 0 Å². The molecule has 33 heavy (non-hydrogen) atoms. The lowest BCUT2D eigenvalue weighted by atomic mass is 9.70. The second-order valence-electron chi connectivity index (χ2n) is 9.92. The number of hydrogen-bond donors (Lipinski definition) is 1. The number of carbonyl (C=O) groups is 3. The maximum atomic E-state index is 13.9. The van der Waals surface area contributed by atoms with Gasteiger partial charge in [-0.05, 0) is 64.9 Å². The van der Waals surface area contributed by atoms with Crippen molar-refractivity contribution >= 4 is 29.1 Å². The van der Waals surface area contributed by atoms with Crippen molar-refractivity contribution in [3.63, 3.8) is 0 Å². The molecule has 0 aliphatic rings. The third-order valence-electron chi connectivity index (χ3n) is 5.41. The van der Waals surface area contributed by atoms with Gasteiger partial charge in [0.25, 0.3) is 5.41 Å². The highest BCUT2D eigenvalue weighted by atomic mass is 32.1. The van der Waals surface area contributed by atoms with E-state index in [0.717, 1.165) is 11.3 Å². The molecule has 0 unspecified atom stereocenters. The Hall–Kier alpha value is -2.67. The first-order chi connectivity index (χ1) is 15.2. The van der Waals surface area contributed by atoms with Crippen molar-refractivity contribution in [3.05, 3.63) is 51.2 Å². The smallest absolute Gasteiger partial charge is 0.336 e. The number of rotatable bonds is 7. The summed E-state index contributed by atoms with van der Waals surface area (Å²) in [5.74, 6) is -2.62. The average Bonchev–Trinajstić information content (AvgIpc) is 3.22. The Morgan fingerprint density at radius 2 is 1.33 bits per heavy atom. The molecule has 0 radical (unpaired) electrons. The van der Waals surface area contributed by atoms with E-state index >= 15 is 0 Å². The van der Waals surface area contributed by atoms with E-state index in [-0.39, 0.29) is 29.4 Å². The van der Waals surface area contributed by atoms with Crippen LogP contribution in [0.4, 0.5) is 0 Å². The predicted molar refractivity (Wildman–Crippen MR) is 129 cm³/mol. The van der Waals surface area contributed by atoms with Gasteiger partial charge >= 0.3 is 11.9 Å². The van der Waals surface area contributed by atoms with Crippen molar-refractivity contribution in [3.8, 4) is 5.75 Å². The van der Waals surface area contributed by atoms with Gasteiger partial charge in [-0.15, -0.1) is 11.3 Å². The molecule has 180 valence electrons. The summed E-state index contributed by atoms with van der Waals surface area (Å²) in [5.41, 5.74) is -2.28. The molecule has 0 aliphatic carbocycles. The number of phenolic OH excluding ortho intramolecular Hbond substituents is 1.